The SMILES string of the molecule is CC[C@H]1CN([C@H](C)C(=O)N2CCCC2)CCN1CCOC. The lowest BCUT2D eigenvalue weighted by molar-refractivity contribution is -0.136. The Balaban J connectivity index is 1.88. The Morgan fingerprint density at radius 3 is 2.57 bits per heavy atom. The molecule has 0 bridgehead atoms. The van der Waals surface area contributed by atoms with Gasteiger partial charge in [0.15, 0.2) is 0 Å². The Labute approximate surface area is 129 Å². The summed E-state index contributed by atoms with van der Waals surface area (Å²) in [6.45, 7) is 11.0. The van der Waals surface area contributed by atoms with E-state index in [0.29, 0.717) is 11.9 Å². The minimum absolute atomic E-state index is 0.0294. The molecule has 0 aliphatic carbocycles. The summed E-state index contributed by atoms with van der Waals surface area (Å²) in [5.74, 6) is 0.327. The molecule has 0 saturated carbocycles. The summed E-state index contributed by atoms with van der Waals surface area (Å²) in [5, 5.41) is 0. The molecule has 21 heavy (non-hydrogen) atoms. The van der Waals surface area contributed by atoms with E-state index in [1.807, 2.05) is 4.90 Å². The highest BCUT2D eigenvalue weighted by Gasteiger charge is 2.33. The fraction of sp³-hybridized carbons (Fsp3) is 0.938. The van der Waals surface area contributed by atoms with Crippen LogP contribution in [0.15, 0.2) is 0 Å². The van der Waals surface area contributed by atoms with E-state index >= 15 is 0 Å². The second kappa shape index (κ2) is 8.11. The molecule has 122 valence electrons. The standard InChI is InChI=1S/C16H31N3O2/c1-4-15-13-19(10-9-17(15)11-12-21-3)14(2)16(20)18-7-5-6-8-18/h14-15H,4-13H2,1-3H3/t14-,15+/m1/s1. The number of amides is 1. The molecule has 2 rings (SSSR count). The van der Waals surface area contributed by atoms with Gasteiger partial charge in [-0.1, -0.05) is 6.92 Å². The van der Waals surface area contributed by atoms with Gasteiger partial charge in [0.2, 0.25) is 5.91 Å². The van der Waals surface area contributed by atoms with Gasteiger partial charge in [0.05, 0.1) is 12.6 Å². The first-order valence-electron chi connectivity index (χ1n) is 8.43. The first kappa shape index (κ1) is 16.7. The Bertz CT molecular complexity index is 331. The fourth-order valence-electron chi connectivity index (χ4n) is 3.52. The second-order valence-corrected chi connectivity index (χ2v) is 6.29. The van der Waals surface area contributed by atoms with Crippen LogP contribution in [0.3, 0.4) is 0 Å². The molecule has 2 saturated heterocycles. The van der Waals surface area contributed by atoms with E-state index in [-0.39, 0.29) is 6.04 Å². The van der Waals surface area contributed by atoms with Crippen molar-refractivity contribution in [1.82, 2.24) is 14.7 Å². The first-order chi connectivity index (χ1) is 10.2. The van der Waals surface area contributed by atoms with E-state index in [2.05, 4.69) is 23.6 Å². The van der Waals surface area contributed by atoms with Gasteiger partial charge in [-0.2, -0.15) is 0 Å². The predicted octanol–water partition coefficient (Wildman–Crippen LogP) is 1.04. The van der Waals surface area contributed by atoms with Crippen LogP contribution in [0, 0.1) is 0 Å². The van der Waals surface area contributed by atoms with E-state index in [0.717, 1.165) is 52.3 Å². The van der Waals surface area contributed by atoms with Crippen molar-refractivity contribution in [2.45, 2.75) is 45.2 Å². The summed E-state index contributed by atoms with van der Waals surface area (Å²) in [4.78, 5) is 19.5. The van der Waals surface area contributed by atoms with Gasteiger partial charge in [0, 0.05) is 52.4 Å². The van der Waals surface area contributed by atoms with Crippen LogP contribution < -0.4 is 0 Å². The summed E-state index contributed by atoms with van der Waals surface area (Å²) in [7, 11) is 1.76. The average Bonchev–Trinajstić information content (AvgIpc) is 3.05. The van der Waals surface area contributed by atoms with Gasteiger partial charge in [-0.15, -0.1) is 0 Å². The quantitative estimate of drug-likeness (QED) is 0.734. The predicted molar refractivity (Wildman–Crippen MR) is 84.4 cm³/mol. The minimum Gasteiger partial charge on any atom is -0.383 e. The van der Waals surface area contributed by atoms with Crippen LogP contribution >= 0.6 is 0 Å². The van der Waals surface area contributed by atoms with Crippen molar-refractivity contribution in [3.8, 4) is 0 Å². The highest BCUT2D eigenvalue weighted by Crippen LogP contribution is 2.18. The van der Waals surface area contributed by atoms with Gasteiger partial charge in [0.25, 0.3) is 0 Å². The van der Waals surface area contributed by atoms with Gasteiger partial charge in [0.1, 0.15) is 0 Å². The molecular weight excluding hydrogens is 266 g/mol. The van der Waals surface area contributed by atoms with Crippen LogP contribution in [-0.4, -0.2) is 85.7 Å². The van der Waals surface area contributed by atoms with E-state index in [1.54, 1.807) is 7.11 Å². The lowest BCUT2D eigenvalue weighted by Crippen LogP contribution is -2.58. The van der Waals surface area contributed by atoms with Crippen LogP contribution in [0.25, 0.3) is 0 Å². The lowest BCUT2D eigenvalue weighted by Gasteiger charge is -2.43. The zero-order valence-electron chi connectivity index (χ0n) is 13.9. The molecule has 0 radical (unpaired) electrons. The van der Waals surface area contributed by atoms with Gasteiger partial charge in [-0.3, -0.25) is 14.6 Å². The molecule has 2 atom stereocenters. The van der Waals surface area contributed by atoms with Gasteiger partial charge in [-0.25, -0.2) is 0 Å². The number of nitrogens with zero attached hydrogens (tertiary/aromatic N) is 3. The van der Waals surface area contributed by atoms with Crippen molar-refractivity contribution >= 4 is 5.91 Å². The molecule has 0 aromatic rings. The van der Waals surface area contributed by atoms with E-state index in [4.69, 9.17) is 4.74 Å². The summed E-state index contributed by atoms with van der Waals surface area (Å²) >= 11 is 0. The molecular formula is C16H31N3O2. The molecule has 2 fully saturated rings. The average molecular weight is 297 g/mol. The van der Waals surface area contributed by atoms with Gasteiger partial charge in [-0.05, 0) is 26.2 Å². The smallest absolute Gasteiger partial charge is 0.239 e. The minimum atomic E-state index is 0.0294. The van der Waals surface area contributed by atoms with Crippen molar-refractivity contribution < 1.29 is 9.53 Å². The maximum absolute atomic E-state index is 12.5. The van der Waals surface area contributed by atoms with Gasteiger partial charge >= 0.3 is 0 Å². The van der Waals surface area contributed by atoms with E-state index in [9.17, 15) is 4.79 Å². The third-order valence-electron chi connectivity index (χ3n) is 5.01. The third-order valence-corrected chi connectivity index (χ3v) is 5.01. The Hall–Kier alpha value is -0.650. The Morgan fingerprint density at radius 1 is 1.24 bits per heavy atom. The zero-order valence-corrected chi connectivity index (χ0v) is 13.9. The Morgan fingerprint density at radius 2 is 1.95 bits per heavy atom. The van der Waals surface area contributed by atoms with Gasteiger partial charge < -0.3 is 9.64 Å². The molecule has 0 N–H and O–H groups in total. The third kappa shape index (κ3) is 4.18. The topological polar surface area (TPSA) is 36.0 Å². The molecule has 0 spiro atoms. The number of ether oxygens (including phenoxy) is 1. The van der Waals surface area contributed by atoms with Crippen molar-refractivity contribution in [1.29, 1.82) is 0 Å². The Kier molecular flexibility index (Phi) is 6.45. The highest BCUT2D eigenvalue weighted by atomic mass is 16.5. The number of carbonyl (C=O) groups is 1. The van der Waals surface area contributed by atoms with Crippen LogP contribution in [0.1, 0.15) is 33.1 Å². The zero-order chi connectivity index (χ0) is 15.2. The monoisotopic (exact) mass is 297 g/mol. The molecule has 0 aromatic heterocycles. The summed E-state index contributed by atoms with van der Waals surface area (Å²) in [6, 6.07) is 0.574. The number of methoxy groups -OCH3 is 1. The number of rotatable bonds is 6. The normalized spacial score (nSPS) is 26.2. The van der Waals surface area contributed by atoms with Crippen LogP contribution in [0.4, 0.5) is 0 Å². The van der Waals surface area contributed by atoms with Crippen LogP contribution in [0.2, 0.25) is 0 Å². The molecule has 0 unspecified atom stereocenters. The van der Waals surface area contributed by atoms with E-state index < -0.39 is 0 Å². The fourth-order valence-corrected chi connectivity index (χ4v) is 3.52. The number of likely N-dealkylation sites (tertiary alicyclic amines) is 1. The highest BCUT2D eigenvalue weighted by molar-refractivity contribution is 5.81. The summed E-state index contributed by atoms with van der Waals surface area (Å²) < 4.78 is 5.20. The second-order valence-electron chi connectivity index (χ2n) is 6.29. The first-order valence-corrected chi connectivity index (χ1v) is 8.43. The maximum atomic E-state index is 12.5. The number of piperazine rings is 1. The maximum Gasteiger partial charge on any atom is 0.239 e. The largest absolute Gasteiger partial charge is 0.383 e. The van der Waals surface area contributed by atoms with Crippen LogP contribution in [0.5, 0.6) is 0 Å². The van der Waals surface area contributed by atoms with Crippen molar-refractivity contribution in [2.75, 3.05) is 53.0 Å². The molecule has 1 amide bonds. The number of hydrogen-bond donors (Lipinski definition) is 0. The number of carbonyl (C=O) groups excluding carboxylic acids is 1. The van der Waals surface area contributed by atoms with Crippen molar-refractivity contribution in [2.24, 2.45) is 0 Å². The van der Waals surface area contributed by atoms with Crippen LogP contribution in [-0.2, 0) is 9.53 Å². The molecule has 2 aliphatic rings. The van der Waals surface area contributed by atoms with Crippen molar-refractivity contribution in [3.63, 3.8) is 0 Å². The van der Waals surface area contributed by atoms with E-state index in [1.165, 1.54) is 12.8 Å². The molecule has 2 heterocycles. The summed E-state index contributed by atoms with van der Waals surface area (Å²) in [5.41, 5.74) is 0. The number of hydrogen-bond acceptors (Lipinski definition) is 4. The molecule has 2 aliphatic heterocycles. The van der Waals surface area contributed by atoms with Crippen molar-refractivity contribution in [3.05, 3.63) is 0 Å². The summed E-state index contributed by atoms with van der Waals surface area (Å²) in [6.07, 6.45) is 3.46. The molecule has 0 aromatic carbocycles. The lowest BCUT2D eigenvalue weighted by atomic mass is 10.1. The molecule has 5 nitrogen and oxygen atoms in total. The molecule has 5 heteroatoms.